The first-order valence-electron chi connectivity index (χ1n) is 12.0. The Kier molecular flexibility index (Phi) is 4.42. The third-order valence-electron chi connectivity index (χ3n) is 7.69. The Hall–Kier alpha value is -2.67. The lowest BCUT2D eigenvalue weighted by Gasteiger charge is -2.40. The summed E-state index contributed by atoms with van der Waals surface area (Å²) < 4.78 is 2.35. The van der Waals surface area contributed by atoms with Crippen LogP contribution in [0.5, 0.6) is 0 Å². The number of fused-ring (bicyclic) bond motifs is 3. The van der Waals surface area contributed by atoms with E-state index in [2.05, 4.69) is 116 Å². The van der Waals surface area contributed by atoms with E-state index in [0.29, 0.717) is 5.92 Å². The van der Waals surface area contributed by atoms with E-state index < -0.39 is 0 Å². The minimum absolute atomic E-state index is 0.0360. The van der Waals surface area contributed by atoms with Crippen LogP contribution in [0.1, 0.15) is 82.2 Å². The third kappa shape index (κ3) is 2.73. The molecule has 0 radical (unpaired) electrons. The van der Waals surface area contributed by atoms with Crippen molar-refractivity contribution in [3.8, 4) is 11.3 Å². The second-order valence-electron chi connectivity index (χ2n) is 11.6. The van der Waals surface area contributed by atoms with Gasteiger partial charge in [-0.25, -0.2) is 4.57 Å². The zero-order valence-corrected chi connectivity index (χ0v) is 21.1. The molecule has 3 aromatic carbocycles. The zero-order valence-electron chi connectivity index (χ0n) is 21.1. The lowest BCUT2D eigenvalue weighted by Crippen LogP contribution is -2.37. The SMILES string of the molecule is Cc1c2c(c(C(C)(C)C)c3ccccc13)C(C)(C)c1cc(C(C)C)cc3cc[n+](C)c-2c13. The van der Waals surface area contributed by atoms with Crippen molar-refractivity contribution >= 4 is 21.5 Å². The molecular formula is C31H36N+. The van der Waals surface area contributed by atoms with Gasteiger partial charge < -0.3 is 0 Å². The second-order valence-corrected chi connectivity index (χ2v) is 11.6. The highest BCUT2D eigenvalue weighted by Gasteiger charge is 2.43. The van der Waals surface area contributed by atoms with Gasteiger partial charge in [0.25, 0.3) is 0 Å². The van der Waals surface area contributed by atoms with Gasteiger partial charge in [-0.3, -0.25) is 0 Å². The van der Waals surface area contributed by atoms with Crippen LogP contribution in [0.25, 0.3) is 32.8 Å². The molecule has 0 amide bonds. The van der Waals surface area contributed by atoms with Crippen LogP contribution >= 0.6 is 0 Å². The molecule has 1 heteroatoms. The van der Waals surface area contributed by atoms with Crippen molar-refractivity contribution in [1.82, 2.24) is 0 Å². The molecule has 32 heavy (non-hydrogen) atoms. The number of hydrogen-bond donors (Lipinski definition) is 0. The summed E-state index contributed by atoms with van der Waals surface area (Å²) in [6.07, 6.45) is 2.25. The van der Waals surface area contributed by atoms with Gasteiger partial charge in [-0.05, 0) is 62.2 Å². The largest absolute Gasteiger partial charge is 0.221 e. The molecule has 5 rings (SSSR count). The summed E-state index contributed by atoms with van der Waals surface area (Å²) in [6.45, 7) is 19.0. The monoisotopic (exact) mass is 422 g/mol. The fourth-order valence-electron chi connectivity index (χ4n) is 6.10. The maximum absolute atomic E-state index is 2.50. The normalized spacial score (nSPS) is 14.9. The van der Waals surface area contributed by atoms with Gasteiger partial charge in [-0.2, -0.15) is 0 Å². The van der Waals surface area contributed by atoms with E-state index in [1.165, 1.54) is 60.6 Å². The molecule has 0 saturated carbocycles. The molecule has 164 valence electrons. The molecule has 0 aliphatic heterocycles. The predicted octanol–water partition coefficient (Wildman–Crippen LogP) is 7.85. The summed E-state index contributed by atoms with van der Waals surface area (Å²) in [5.74, 6) is 0.505. The molecule has 0 unspecified atom stereocenters. The Bertz CT molecular complexity index is 1410. The fourth-order valence-corrected chi connectivity index (χ4v) is 6.10. The summed E-state index contributed by atoms with van der Waals surface area (Å²) in [5.41, 5.74) is 10.1. The summed E-state index contributed by atoms with van der Waals surface area (Å²) in [5, 5.41) is 5.58. The number of hydrogen-bond acceptors (Lipinski definition) is 0. The molecule has 0 bridgehead atoms. The van der Waals surface area contributed by atoms with Gasteiger partial charge in [0.05, 0.1) is 10.9 Å². The smallest absolute Gasteiger partial charge is 0.200 e. The molecule has 1 aliphatic carbocycles. The number of benzene rings is 3. The summed E-state index contributed by atoms with van der Waals surface area (Å²) >= 11 is 0. The zero-order chi connectivity index (χ0) is 23.2. The molecule has 1 aromatic heterocycles. The topological polar surface area (TPSA) is 3.88 Å². The Morgan fingerprint density at radius 1 is 0.938 bits per heavy atom. The van der Waals surface area contributed by atoms with Crippen molar-refractivity contribution in [2.45, 2.75) is 72.1 Å². The first kappa shape index (κ1) is 21.2. The number of rotatable bonds is 1. The van der Waals surface area contributed by atoms with E-state index >= 15 is 0 Å². The molecule has 0 N–H and O–H groups in total. The van der Waals surface area contributed by atoms with Crippen molar-refractivity contribution in [2.24, 2.45) is 7.05 Å². The minimum atomic E-state index is -0.0861. The molecule has 0 saturated heterocycles. The van der Waals surface area contributed by atoms with Crippen molar-refractivity contribution in [3.05, 3.63) is 76.5 Å². The molecule has 0 atom stereocenters. The van der Waals surface area contributed by atoms with Crippen LogP contribution in [-0.4, -0.2) is 0 Å². The van der Waals surface area contributed by atoms with E-state index in [0.717, 1.165) is 0 Å². The van der Waals surface area contributed by atoms with E-state index in [1.54, 1.807) is 0 Å². The Morgan fingerprint density at radius 2 is 1.59 bits per heavy atom. The highest BCUT2D eigenvalue weighted by atomic mass is 14.9. The van der Waals surface area contributed by atoms with E-state index in [4.69, 9.17) is 0 Å². The summed E-state index contributed by atoms with van der Waals surface area (Å²) in [4.78, 5) is 0. The number of pyridine rings is 1. The predicted molar refractivity (Wildman–Crippen MR) is 138 cm³/mol. The maximum Gasteiger partial charge on any atom is 0.221 e. The van der Waals surface area contributed by atoms with Gasteiger partial charge >= 0.3 is 0 Å². The van der Waals surface area contributed by atoms with Crippen LogP contribution in [0.15, 0.2) is 48.7 Å². The number of nitrogens with zero attached hydrogens (tertiary/aromatic N) is 1. The Balaban J connectivity index is 2.11. The van der Waals surface area contributed by atoms with Crippen LogP contribution in [0.3, 0.4) is 0 Å². The van der Waals surface area contributed by atoms with Crippen molar-refractivity contribution in [3.63, 3.8) is 0 Å². The molecule has 4 aromatic rings. The first-order chi connectivity index (χ1) is 14.9. The molecular weight excluding hydrogens is 386 g/mol. The van der Waals surface area contributed by atoms with E-state index in [9.17, 15) is 0 Å². The standard InChI is InChI=1S/C31H36N/c1-18(2)21-16-20-14-15-32(9)29-25-19(3)22-12-10-11-13-23(22)27(30(4,5)6)28(25)31(7,8)24(17-21)26(20)29/h10-18H,1-9H3/q+1. The van der Waals surface area contributed by atoms with Crippen LogP contribution in [0.4, 0.5) is 0 Å². The Morgan fingerprint density at radius 3 is 2.22 bits per heavy atom. The van der Waals surface area contributed by atoms with Crippen molar-refractivity contribution < 1.29 is 4.57 Å². The van der Waals surface area contributed by atoms with Gasteiger partial charge in [0.15, 0.2) is 6.20 Å². The molecule has 0 spiro atoms. The second kappa shape index (κ2) is 6.67. The molecule has 0 fully saturated rings. The highest BCUT2D eigenvalue weighted by Crippen LogP contribution is 2.54. The van der Waals surface area contributed by atoms with Crippen molar-refractivity contribution in [2.75, 3.05) is 0 Å². The highest BCUT2D eigenvalue weighted by molar-refractivity contribution is 6.06. The van der Waals surface area contributed by atoms with Crippen LogP contribution in [0.2, 0.25) is 0 Å². The Labute approximate surface area is 193 Å². The quantitative estimate of drug-likeness (QED) is 0.275. The third-order valence-corrected chi connectivity index (χ3v) is 7.69. The minimum Gasteiger partial charge on any atom is -0.200 e. The fraction of sp³-hybridized carbons (Fsp3) is 0.387. The lowest BCUT2D eigenvalue weighted by molar-refractivity contribution is -0.659. The van der Waals surface area contributed by atoms with Crippen molar-refractivity contribution in [1.29, 1.82) is 0 Å². The van der Waals surface area contributed by atoms with Gasteiger partial charge in [0.1, 0.15) is 7.05 Å². The van der Waals surface area contributed by atoms with Gasteiger partial charge in [-0.15, -0.1) is 0 Å². The van der Waals surface area contributed by atoms with E-state index in [-0.39, 0.29) is 10.8 Å². The average molecular weight is 423 g/mol. The average Bonchev–Trinajstić information content (AvgIpc) is 2.71. The summed E-state index contributed by atoms with van der Waals surface area (Å²) in [7, 11) is 2.21. The maximum atomic E-state index is 2.50. The molecule has 1 aliphatic rings. The number of aryl methyl sites for hydroxylation is 2. The first-order valence-corrected chi connectivity index (χ1v) is 12.0. The number of aromatic nitrogens is 1. The summed E-state index contributed by atoms with van der Waals surface area (Å²) in [6, 6.07) is 16.2. The molecule has 1 heterocycles. The van der Waals surface area contributed by atoms with Crippen LogP contribution in [-0.2, 0) is 17.9 Å². The van der Waals surface area contributed by atoms with Gasteiger partial charge in [0, 0.05) is 11.5 Å². The van der Waals surface area contributed by atoms with Gasteiger partial charge in [-0.1, -0.05) is 84.9 Å². The van der Waals surface area contributed by atoms with E-state index in [1.807, 2.05) is 0 Å². The lowest BCUT2D eigenvalue weighted by atomic mass is 9.62. The van der Waals surface area contributed by atoms with Gasteiger partial charge in [0.2, 0.25) is 5.69 Å². The van der Waals surface area contributed by atoms with Crippen LogP contribution in [0, 0.1) is 6.92 Å². The molecule has 1 nitrogen and oxygen atoms in total. The van der Waals surface area contributed by atoms with Crippen LogP contribution < -0.4 is 4.57 Å².